The number of benzene rings is 1. The number of amides is 1. The zero-order valence-corrected chi connectivity index (χ0v) is 15.1. The second-order valence-electron chi connectivity index (χ2n) is 6.40. The largest absolute Gasteiger partial charge is 0.467 e. The number of nitrogens with zero attached hydrogens (tertiary/aromatic N) is 1. The Morgan fingerprint density at radius 3 is 2.58 bits per heavy atom. The number of aryl methyl sites for hydroxylation is 1. The van der Waals surface area contributed by atoms with Gasteiger partial charge in [-0.3, -0.25) is 4.79 Å². The van der Waals surface area contributed by atoms with Gasteiger partial charge in [0.15, 0.2) is 11.7 Å². The quantitative estimate of drug-likeness (QED) is 0.730. The van der Waals surface area contributed by atoms with Crippen LogP contribution >= 0.6 is 0 Å². The molecule has 140 valence electrons. The summed E-state index contributed by atoms with van der Waals surface area (Å²) in [6, 6.07) is 5.21. The summed E-state index contributed by atoms with van der Waals surface area (Å²) in [4.78, 5) is 28.0. The van der Waals surface area contributed by atoms with Gasteiger partial charge in [0.2, 0.25) is 5.91 Å². The van der Waals surface area contributed by atoms with Gasteiger partial charge in [-0.05, 0) is 36.6 Å². The minimum Gasteiger partial charge on any atom is -0.467 e. The van der Waals surface area contributed by atoms with Crippen molar-refractivity contribution in [1.29, 1.82) is 0 Å². The molecule has 0 aliphatic heterocycles. The highest BCUT2D eigenvalue weighted by Gasteiger charge is 2.22. The molecule has 2 aromatic rings. The lowest BCUT2D eigenvalue weighted by Gasteiger charge is -2.18. The van der Waals surface area contributed by atoms with Crippen molar-refractivity contribution in [3.05, 3.63) is 42.2 Å². The van der Waals surface area contributed by atoms with Crippen molar-refractivity contribution in [2.24, 2.45) is 5.92 Å². The molecule has 0 spiro atoms. The molecule has 6 nitrogen and oxygen atoms in total. The van der Waals surface area contributed by atoms with E-state index in [0.29, 0.717) is 30.1 Å². The van der Waals surface area contributed by atoms with Crippen molar-refractivity contribution in [2.75, 3.05) is 7.11 Å². The predicted octanol–water partition coefficient (Wildman–Crippen LogP) is 3.12. The first-order chi connectivity index (χ1) is 12.4. The summed E-state index contributed by atoms with van der Waals surface area (Å²) in [5, 5.41) is 2.69. The van der Waals surface area contributed by atoms with E-state index in [-0.39, 0.29) is 24.1 Å². The van der Waals surface area contributed by atoms with E-state index in [1.807, 2.05) is 13.8 Å². The zero-order chi connectivity index (χ0) is 19.1. The molecule has 26 heavy (non-hydrogen) atoms. The Morgan fingerprint density at radius 1 is 1.27 bits per heavy atom. The minimum atomic E-state index is -0.660. The summed E-state index contributed by atoms with van der Waals surface area (Å²) in [6.07, 6.45) is 2.47. The molecule has 1 amide bonds. The number of oxazole rings is 1. The minimum absolute atomic E-state index is 0.134. The number of carbonyl (C=O) groups excluding carboxylic acids is 2. The standard InChI is InChI=1S/C19H23FN2O4/c1-12(2)10-15(19(24)25-3)22-17(23)8-9-18-21-11-16(26-18)13-4-6-14(20)7-5-13/h4-7,11-12,15H,8-10H2,1-3H3,(H,22,23). The lowest BCUT2D eigenvalue weighted by atomic mass is 10.0. The van der Waals surface area contributed by atoms with Crippen molar-refractivity contribution >= 4 is 11.9 Å². The van der Waals surface area contributed by atoms with Crippen molar-refractivity contribution in [2.45, 2.75) is 39.2 Å². The zero-order valence-electron chi connectivity index (χ0n) is 15.1. The van der Waals surface area contributed by atoms with E-state index in [0.717, 1.165) is 0 Å². The van der Waals surface area contributed by atoms with E-state index in [4.69, 9.17) is 9.15 Å². The Hall–Kier alpha value is -2.70. The number of carbonyl (C=O) groups is 2. The van der Waals surface area contributed by atoms with Gasteiger partial charge in [0.05, 0.1) is 13.3 Å². The molecule has 0 aliphatic rings. The second-order valence-corrected chi connectivity index (χ2v) is 6.40. The van der Waals surface area contributed by atoms with Crippen LogP contribution in [-0.2, 0) is 20.7 Å². The van der Waals surface area contributed by atoms with Crippen molar-refractivity contribution in [3.63, 3.8) is 0 Å². The van der Waals surface area contributed by atoms with Crippen LogP contribution in [0.25, 0.3) is 11.3 Å². The number of halogens is 1. The third-order valence-electron chi connectivity index (χ3n) is 3.78. The molecule has 0 fully saturated rings. The molecule has 1 heterocycles. The molecule has 0 aliphatic carbocycles. The molecule has 1 unspecified atom stereocenters. The molecule has 1 N–H and O–H groups in total. The third-order valence-corrected chi connectivity index (χ3v) is 3.78. The molecule has 1 aromatic heterocycles. The van der Waals surface area contributed by atoms with Crippen LogP contribution in [0.2, 0.25) is 0 Å². The molecule has 0 radical (unpaired) electrons. The van der Waals surface area contributed by atoms with Gasteiger partial charge in [-0.2, -0.15) is 0 Å². The van der Waals surface area contributed by atoms with E-state index in [1.165, 1.54) is 25.4 Å². The van der Waals surface area contributed by atoms with Gasteiger partial charge in [0.1, 0.15) is 11.9 Å². The summed E-state index contributed by atoms with van der Waals surface area (Å²) in [5.74, 6) is 0.0890. The molecule has 0 saturated carbocycles. The summed E-state index contributed by atoms with van der Waals surface area (Å²) >= 11 is 0. The highest BCUT2D eigenvalue weighted by atomic mass is 19.1. The van der Waals surface area contributed by atoms with E-state index in [9.17, 15) is 14.0 Å². The molecule has 1 atom stereocenters. The highest BCUT2D eigenvalue weighted by molar-refractivity contribution is 5.84. The normalized spacial score (nSPS) is 12.0. The molecule has 1 aromatic carbocycles. The number of aromatic nitrogens is 1. The smallest absolute Gasteiger partial charge is 0.328 e. The molecule has 0 saturated heterocycles. The van der Waals surface area contributed by atoms with Gasteiger partial charge in [-0.1, -0.05) is 13.8 Å². The predicted molar refractivity (Wildman–Crippen MR) is 93.6 cm³/mol. The SMILES string of the molecule is COC(=O)C(CC(C)C)NC(=O)CCc1ncc(-c2ccc(F)cc2)o1. The fourth-order valence-corrected chi connectivity index (χ4v) is 2.49. The number of esters is 1. The van der Waals surface area contributed by atoms with Crippen LogP contribution in [0.15, 0.2) is 34.9 Å². The molecular weight excluding hydrogens is 339 g/mol. The van der Waals surface area contributed by atoms with Crippen LogP contribution in [-0.4, -0.2) is 30.0 Å². The molecular formula is C19H23FN2O4. The fraction of sp³-hybridized carbons (Fsp3) is 0.421. The van der Waals surface area contributed by atoms with Gasteiger partial charge in [0, 0.05) is 18.4 Å². The summed E-state index contributed by atoms with van der Waals surface area (Å²) in [7, 11) is 1.30. The van der Waals surface area contributed by atoms with Gasteiger partial charge in [-0.25, -0.2) is 14.2 Å². The van der Waals surface area contributed by atoms with Gasteiger partial charge in [-0.15, -0.1) is 0 Å². The first kappa shape index (κ1) is 19.6. The van der Waals surface area contributed by atoms with E-state index in [2.05, 4.69) is 10.3 Å². The van der Waals surface area contributed by atoms with E-state index >= 15 is 0 Å². The van der Waals surface area contributed by atoms with Crippen LogP contribution in [0, 0.1) is 11.7 Å². The Balaban J connectivity index is 1.90. The summed E-state index contributed by atoms with van der Waals surface area (Å²) in [6.45, 7) is 3.93. The van der Waals surface area contributed by atoms with E-state index in [1.54, 1.807) is 12.1 Å². The maximum atomic E-state index is 13.0. The Bertz CT molecular complexity index is 740. The van der Waals surface area contributed by atoms with Crippen molar-refractivity contribution in [3.8, 4) is 11.3 Å². The second kappa shape index (κ2) is 9.12. The number of methoxy groups -OCH3 is 1. The van der Waals surface area contributed by atoms with Gasteiger partial charge in [0.25, 0.3) is 0 Å². The van der Waals surface area contributed by atoms with Gasteiger partial charge >= 0.3 is 5.97 Å². The van der Waals surface area contributed by atoms with Crippen LogP contribution in [0.4, 0.5) is 4.39 Å². The van der Waals surface area contributed by atoms with Crippen molar-refractivity contribution in [1.82, 2.24) is 10.3 Å². The number of hydrogen-bond acceptors (Lipinski definition) is 5. The van der Waals surface area contributed by atoms with E-state index < -0.39 is 12.0 Å². The topological polar surface area (TPSA) is 81.4 Å². The third kappa shape index (κ3) is 5.68. The lowest BCUT2D eigenvalue weighted by Crippen LogP contribution is -2.42. The first-order valence-electron chi connectivity index (χ1n) is 8.47. The van der Waals surface area contributed by atoms with Crippen LogP contribution in [0.1, 0.15) is 32.6 Å². The number of hydrogen-bond donors (Lipinski definition) is 1. The summed E-state index contributed by atoms with van der Waals surface area (Å²) in [5.41, 5.74) is 0.706. The maximum absolute atomic E-state index is 13.0. The van der Waals surface area contributed by atoms with Crippen molar-refractivity contribution < 1.29 is 23.1 Å². The Kier molecular flexibility index (Phi) is 6.89. The lowest BCUT2D eigenvalue weighted by molar-refractivity contribution is -0.145. The average molecular weight is 362 g/mol. The highest BCUT2D eigenvalue weighted by Crippen LogP contribution is 2.21. The number of ether oxygens (including phenoxy) is 1. The fourth-order valence-electron chi connectivity index (χ4n) is 2.49. The number of rotatable bonds is 8. The summed E-state index contributed by atoms with van der Waals surface area (Å²) < 4.78 is 23.3. The molecule has 2 rings (SSSR count). The van der Waals surface area contributed by atoms with Crippen LogP contribution in [0.3, 0.4) is 0 Å². The molecule has 7 heteroatoms. The van der Waals surface area contributed by atoms with Crippen LogP contribution in [0.5, 0.6) is 0 Å². The maximum Gasteiger partial charge on any atom is 0.328 e. The molecule has 0 bridgehead atoms. The Morgan fingerprint density at radius 2 is 1.96 bits per heavy atom. The average Bonchev–Trinajstić information content (AvgIpc) is 3.08. The number of nitrogens with one attached hydrogen (secondary N) is 1. The first-order valence-corrected chi connectivity index (χ1v) is 8.47. The van der Waals surface area contributed by atoms with Crippen LogP contribution < -0.4 is 5.32 Å². The van der Waals surface area contributed by atoms with Gasteiger partial charge < -0.3 is 14.5 Å². The monoisotopic (exact) mass is 362 g/mol. The Labute approximate surface area is 151 Å².